The molecule has 0 bridgehead atoms. The number of fused-ring (bicyclic) bond motifs is 1. The van der Waals surface area contributed by atoms with Crippen LogP contribution < -0.4 is 5.32 Å². The number of carbonyl (C=O) groups excluding carboxylic acids is 1. The molecule has 0 aliphatic carbocycles. The second-order valence-corrected chi connectivity index (χ2v) is 7.98. The van der Waals surface area contributed by atoms with Crippen molar-refractivity contribution < 1.29 is 31.1 Å². The van der Waals surface area contributed by atoms with Crippen molar-refractivity contribution in [2.75, 3.05) is 5.32 Å². The van der Waals surface area contributed by atoms with Gasteiger partial charge in [-0.15, -0.1) is 0 Å². The van der Waals surface area contributed by atoms with Gasteiger partial charge in [-0.3, -0.25) is 4.79 Å². The Hall–Kier alpha value is -2.26. The third-order valence-electron chi connectivity index (χ3n) is 4.05. The molecule has 0 radical (unpaired) electrons. The molecule has 10 heteroatoms. The van der Waals surface area contributed by atoms with E-state index in [1.165, 1.54) is 4.40 Å². The largest absolute Gasteiger partial charge is 0.417 e. The zero-order valence-corrected chi connectivity index (χ0v) is 15.8. The number of alkyl halides is 6. The fourth-order valence-electron chi connectivity index (χ4n) is 2.61. The predicted octanol–water partition coefficient (Wildman–Crippen LogP) is 5.47. The Kier molecular flexibility index (Phi) is 5.73. The number of nitrogens with zero attached hydrogens (tertiary/aromatic N) is 2. The first kappa shape index (κ1) is 22.0. The minimum atomic E-state index is -4.57. The lowest BCUT2D eigenvalue weighted by atomic mass is 9.90. The number of halogens is 6. The SMILES string of the molecule is CC(CC(=O)Nc1nc2ccc(C(F)(F)F)cn2c1CC(C)(C)C)C(F)(F)F. The maximum Gasteiger partial charge on any atom is 0.417 e. The fourth-order valence-corrected chi connectivity index (χ4v) is 2.61. The smallest absolute Gasteiger partial charge is 0.309 e. The van der Waals surface area contributed by atoms with Gasteiger partial charge in [-0.25, -0.2) is 4.98 Å². The molecule has 0 saturated carbocycles. The Morgan fingerprint density at radius 1 is 1.14 bits per heavy atom. The number of anilines is 1. The van der Waals surface area contributed by atoms with Crippen LogP contribution in [0.15, 0.2) is 18.3 Å². The third-order valence-corrected chi connectivity index (χ3v) is 4.05. The average Bonchev–Trinajstić information content (AvgIpc) is 2.80. The number of nitrogens with one attached hydrogen (secondary N) is 1. The van der Waals surface area contributed by atoms with Crippen molar-refractivity contribution in [3.8, 4) is 0 Å². The number of amides is 1. The molecule has 1 N–H and O–H groups in total. The van der Waals surface area contributed by atoms with Crippen LogP contribution in [0.5, 0.6) is 0 Å². The molecule has 2 aromatic rings. The molecule has 4 nitrogen and oxygen atoms in total. The van der Waals surface area contributed by atoms with Gasteiger partial charge in [0, 0.05) is 12.6 Å². The van der Waals surface area contributed by atoms with Gasteiger partial charge in [0.15, 0.2) is 5.82 Å². The number of carbonyl (C=O) groups is 1. The van der Waals surface area contributed by atoms with E-state index in [0.717, 1.165) is 25.3 Å². The van der Waals surface area contributed by atoms with Gasteiger partial charge in [-0.05, 0) is 24.0 Å². The quantitative estimate of drug-likeness (QED) is 0.681. The Bertz CT molecular complexity index is 861. The number of hydrogen-bond acceptors (Lipinski definition) is 2. The summed E-state index contributed by atoms with van der Waals surface area (Å²) in [6, 6.07) is 2.02. The topological polar surface area (TPSA) is 46.4 Å². The third kappa shape index (κ3) is 5.39. The summed E-state index contributed by atoms with van der Waals surface area (Å²) in [6.45, 7) is 6.42. The normalized spacial score (nSPS) is 14.4. The van der Waals surface area contributed by atoms with E-state index >= 15 is 0 Å². The molecule has 156 valence electrons. The van der Waals surface area contributed by atoms with Gasteiger partial charge < -0.3 is 9.72 Å². The number of aromatic nitrogens is 2. The van der Waals surface area contributed by atoms with Crippen LogP contribution in [-0.2, 0) is 17.4 Å². The lowest BCUT2D eigenvalue weighted by Gasteiger charge is -2.19. The van der Waals surface area contributed by atoms with E-state index in [-0.39, 0.29) is 23.3 Å². The molecule has 0 aromatic carbocycles. The van der Waals surface area contributed by atoms with Gasteiger partial charge in [0.1, 0.15) is 5.65 Å². The molecule has 2 heterocycles. The number of imidazole rings is 1. The summed E-state index contributed by atoms with van der Waals surface area (Å²) in [5.41, 5.74) is -0.813. The number of hydrogen-bond donors (Lipinski definition) is 1. The summed E-state index contributed by atoms with van der Waals surface area (Å²) in [5.74, 6) is -2.79. The van der Waals surface area contributed by atoms with Gasteiger partial charge in [-0.2, -0.15) is 26.3 Å². The number of pyridine rings is 1. The van der Waals surface area contributed by atoms with Gasteiger partial charge in [0.2, 0.25) is 5.91 Å². The molecular weight excluding hydrogens is 388 g/mol. The molecular formula is C18H21F6N3O. The second-order valence-electron chi connectivity index (χ2n) is 7.98. The summed E-state index contributed by atoms with van der Waals surface area (Å²) in [4.78, 5) is 16.2. The van der Waals surface area contributed by atoms with E-state index < -0.39 is 36.2 Å². The summed E-state index contributed by atoms with van der Waals surface area (Å²) < 4.78 is 78.4. The molecule has 1 amide bonds. The highest BCUT2D eigenvalue weighted by Gasteiger charge is 2.37. The molecule has 0 spiro atoms. The molecule has 28 heavy (non-hydrogen) atoms. The molecule has 0 saturated heterocycles. The zero-order chi connectivity index (χ0) is 21.5. The standard InChI is InChI=1S/C18H21F6N3O/c1-10(17(19,20)21)7-14(28)26-15-12(8-16(2,3)4)27-9-11(18(22,23)24)5-6-13(27)25-15/h5-6,9-10H,7-8H2,1-4H3,(H,26,28). The van der Waals surface area contributed by atoms with Crippen LogP contribution in [0.4, 0.5) is 32.2 Å². The van der Waals surface area contributed by atoms with E-state index in [1.807, 2.05) is 20.8 Å². The Balaban J connectivity index is 2.44. The lowest BCUT2D eigenvalue weighted by molar-refractivity contribution is -0.173. The second kappa shape index (κ2) is 7.29. The highest BCUT2D eigenvalue weighted by atomic mass is 19.4. The van der Waals surface area contributed by atoms with Crippen LogP contribution in [0, 0.1) is 11.3 Å². The molecule has 0 aliphatic rings. The van der Waals surface area contributed by atoms with E-state index in [2.05, 4.69) is 10.3 Å². The first-order valence-electron chi connectivity index (χ1n) is 8.52. The van der Waals surface area contributed by atoms with Crippen molar-refractivity contribution in [3.63, 3.8) is 0 Å². The van der Waals surface area contributed by atoms with Crippen molar-refractivity contribution in [1.29, 1.82) is 0 Å². The Morgan fingerprint density at radius 3 is 2.25 bits per heavy atom. The first-order chi connectivity index (χ1) is 12.6. The van der Waals surface area contributed by atoms with Gasteiger partial charge in [0.05, 0.1) is 17.2 Å². The van der Waals surface area contributed by atoms with E-state index in [9.17, 15) is 31.1 Å². The zero-order valence-electron chi connectivity index (χ0n) is 15.8. The van der Waals surface area contributed by atoms with Crippen LogP contribution in [0.1, 0.15) is 45.4 Å². The van der Waals surface area contributed by atoms with Crippen molar-refractivity contribution >= 4 is 17.4 Å². The average molecular weight is 409 g/mol. The van der Waals surface area contributed by atoms with Crippen LogP contribution in [0.25, 0.3) is 5.65 Å². The van der Waals surface area contributed by atoms with Gasteiger partial charge in [-0.1, -0.05) is 27.7 Å². The molecule has 2 aromatic heterocycles. The highest BCUT2D eigenvalue weighted by Crippen LogP contribution is 2.33. The van der Waals surface area contributed by atoms with E-state index in [0.29, 0.717) is 5.69 Å². The first-order valence-corrected chi connectivity index (χ1v) is 8.52. The van der Waals surface area contributed by atoms with Gasteiger partial charge in [0.25, 0.3) is 0 Å². The summed E-state index contributed by atoms with van der Waals surface area (Å²) >= 11 is 0. The Morgan fingerprint density at radius 2 is 1.75 bits per heavy atom. The minimum Gasteiger partial charge on any atom is -0.309 e. The summed E-state index contributed by atoms with van der Waals surface area (Å²) in [6.07, 6.45) is -8.77. The molecule has 0 fully saturated rings. The van der Waals surface area contributed by atoms with Crippen molar-refractivity contribution in [2.45, 2.75) is 52.9 Å². The molecule has 1 unspecified atom stereocenters. The van der Waals surface area contributed by atoms with Crippen LogP contribution in [-0.4, -0.2) is 21.5 Å². The van der Waals surface area contributed by atoms with E-state index in [1.54, 1.807) is 0 Å². The van der Waals surface area contributed by atoms with Crippen molar-refractivity contribution in [1.82, 2.24) is 9.38 Å². The van der Waals surface area contributed by atoms with Crippen LogP contribution >= 0.6 is 0 Å². The molecule has 0 aliphatic heterocycles. The molecule has 1 atom stereocenters. The summed E-state index contributed by atoms with van der Waals surface area (Å²) in [5, 5.41) is 2.33. The van der Waals surface area contributed by atoms with Gasteiger partial charge >= 0.3 is 12.4 Å². The molecule has 2 rings (SSSR count). The van der Waals surface area contributed by atoms with Crippen molar-refractivity contribution in [2.24, 2.45) is 11.3 Å². The lowest BCUT2D eigenvalue weighted by Crippen LogP contribution is -2.26. The van der Waals surface area contributed by atoms with Crippen LogP contribution in [0.2, 0.25) is 0 Å². The maximum absolute atomic E-state index is 13.0. The minimum absolute atomic E-state index is 0.0337. The predicted molar refractivity (Wildman–Crippen MR) is 91.8 cm³/mol. The maximum atomic E-state index is 13.0. The fraction of sp³-hybridized carbons (Fsp3) is 0.556. The van der Waals surface area contributed by atoms with Crippen LogP contribution in [0.3, 0.4) is 0 Å². The van der Waals surface area contributed by atoms with E-state index in [4.69, 9.17) is 0 Å². The number of rotatable bonds is 4. The Labute approximate surface area is 157 Å². The summed E-state index contributed by atoms with van der Waals surface area (Å²) in [7, 11) is 0. The highest BCUT2D eigenvalue weighted by molar-refractivity contribution is 5.91. The van der Waals surface area contributed by atoms with Crippen molar-refractivity contribution in [3.05, 3.63) is 29.6 Å². The monoisotopic (exact) mass is 409 g/mol.